The number of rotatable bonds is 4. The Kier molecular flexibility index (Phi) is 3.71. The Hall–Kier alpha value is -1.29. The van der Waals surface area contributed by atoms with Crippen LogP contribution in [0.4, 0.5) is 0 Å². The molecule has 4 nitrogen and oxygen atoms in total. The summed E-state index contributed by atoms with van der Waals surface area (Å²) < 4.78 is 1.60. The molecule has 1 aromatic rings. The molecule has 4 heteroatoms. The van der Waals surface area contributed by atoms with E-state index in [9.17, 15) is 4.79 Å². The molecule has 0 aromatic carbocycles. The van der Waals surface area contributed by atoms with Crippen molar-refractivity contribution >= 4 is 5.91 Å². The van der Waals surface area contributed by atoms with Gasteiger partial charge in [-0.05, 0) is 18.1 Å². The maximum Gasteiger partial charge on any atom is 0.255 e. The van der Waals surface area contributed by atoms with Crippen LogP contribution in [0.5, 0.6) is 0 Å². The fraction of sp³-hybridized carbons (Fsp3) is 0.500. The van der Waals surface area contributed by atoms with Crippen molar-refractivity contribution < 1.29 is 4.79 Å². The van der Waals surface area contributed by atoms with Gasteiger partial charge in [-0.3, -0.25) is 14.9 Å². The molecule has 0 aliphatic carbocycles. The summed E-state index contributed by atoms with van der Waals surface area (Å²) in [6, 6.07) is 3.24. The Morgan fingerprint density at radius 3 is 2.57 bits per heavy atom. The van der Waals surface area contributed by atoms with E-state index in [2.05, 4.69) is 5.43 Å². The zero-order valence-electron chi connectivity index (χ0n) is 8.60. The minimum Gasteiger partial charge on any atom is -0.320 e. The van der Waals surface area contributed by atoms with Crippen LogP contribution in [0.1, 0.15) is 20.3 Å². The number of nitrogens with zero attached hydrogens (tertiary/aromatic N) is 1. The lowest BCUT2D eigenvalue weighted by Crippen LogP contribution is -2.43. The molecule has 1 heterocycles. The lowest BCUT2D eigenvalue weighted by Gasteiger charge is -2.17. The van der Waals surface area contributed by atoms with Gasteiger partial charge < -0.3 is 5.73 Å². The summed E-state index contributed by atoms with van der Waals surface area (Å²) in [7, 11) is 0. The Bertz CT molecular complexity index is 282. The Morgan fingerprint density at radius 1 is 1.50 bits per heavy atom. The molecule has 14 heavy (non-hydrogen) atoms. The summed E-state index contributed by atoms with van der Waals surface area (Å²) in [6.07, 6.45) is 4.43. The molecule has 0 aliphatic rings. The molecule has 0 saturated heterocycles. The summed E-state index contributed by atoms with van der Waals surface area (Å²) in [6.45, 7) is 3.99. The summed E-state index contributed by atoms with van der Waals surface area (Å²) in [5.41, 5.74) is 8.45. The van der Waals surface area contributed by atoms with Gasteiger partial charge in [-0.25, -0.2) is 0 Å². The van der Waals surface area contributed by atoms with E-state index in [1.165, 1.54) is 0 Å². The standard InChI is InChI=1S/C10H17N3O/c1-3-8(2)9(11)10(14)12-13-6-4-5-7-13/h4-9H,3,11H2,1-2H3,(H,12,14)/t8-,9-/m0/s1. The average molecular weight is 195 g/mol. The predicted molar refractivity (Wildman–Crippen MR) is 56.2 cm³/mol. The van der Waals surface area contributed by atoms with Gasteiger partial charge in [0.15, 0.2) is 0 Å². The van der Waals surface area contributed by atoms with Crippen LogP contribution in [0.25, 0.3) is 0 Å². The van der Waals surface area contributed by atoms with Crippen molar-refractivity contribution in [2.24, 2.45) is 11.7 Å². The van der Waals surface area contributed by atoms with E-state index in [1.807, 2.05) is 26.0 Å². The third-order valence-corrected chi connectivity index (χ3v) is 2.40. The molecule has 2 atom stereocenters. The molecule has 3 N–H and O–H groups in total. The molecule has 0 unspecified atom stereocenters. The lowest BCUT2D eigenvalue weighted by molar-refractivity contribution is -0.119. The monoisotopic (exact) mass is 195 g/mol. The van der Waals surface area contributed by atoms with Gasteiger partial charge in [0.2, 0.25) is 0 Å². The van der Waals surface area contributed by atoms with E-state index in [4.69, 9.17) is 5.73 Å². The molecule has 78 valence electrons. The molecule has 1 rings (SSSR count). The molecule has 1 aromatic heterocycles. The van der Waals surface area contributed by atoms with E-state index in [0.29, 0.717) is 0 Å². The maximum absolute atomic E-state index is 11.6. The number of carbonyl (C=O) groups is 1. The van der Waals surface area contributed by atoms with Crippen molar-refractivity contribution in [1.82, 2.24) is 4.68 Å². The van der Waals surface area contributed by atoms with Crippen LogP contribution in [0.15, 0.2) is 24.5 Å². The third-order valence-electron chi connectivity index (χ3n) is 2.40. The van der Waals surface area contributed by atoms with Crippen molar-refractivity contribution in [1.29, 1.82) is 0 Å². The van der Waals surface area contributed by atoms with Crippen molar-refractivity contribution in [3.8, 4) is 0 Å². The Balaban J connectivity index is 2.50. The highest BCUT2D eigenvalue weighted by Crippen LogP contribution is 2.05. The van der Waals surface area contributed by atoms with E-state index >= 15 is 0 Å². The van der Waals surface area contributed by atoms with Crippen LogP contribution in [0, 0.1) is 5.92 Å². The van der Waals surface area contributed by atoms with Crippen LogP contribution < -0.4 is 11.2 Å². The van der Waals surface area contributed by atoms with Crippen LogP contribution in [0.3, 0.4) is 0 Å². The summed E-state index contributed by atoms with van der Waals surface area (Å²) in [5, 5.41) is 0. The first-order valence-electron chi connectivity index (χ1n) is 4.84. The number of nitrogens with one attached hydrogen (secondary N) is 1. The Morgan fingerprint density at radius 2 is 2.07 bits per heavy atom. The molecule has 0 spiro atoms. The second-order valence-electron chi connectivity index (χ2n) is 3.48. The molecule has 0 bridgehead atoms. The van der Waals surface area contributed by atoms with Crippen molar-refractivity contribution in [3.63, 3.8) is 0 Å². The van der Waals surface area contributed by atoms with Crippen molar-refractivity contribution in [3.05, 3.63) is 24.5 Å². The fourth-order valence-electron chi connectivity index (χ4n) is 1.12. The quantitative estimate of drug-likeness (QED) is 0.751. The van der Waals surface area contributed by atoms with Gasteiger partial charge in [-0.15, -0.1) is 0 Å². The van der Waals surface area contributed by atoms with Crippen molar-refractivity contribution in [2.45, 2.75) is 26.3 Å². The molecular weight excluding hydrogens is 178 g/mol. The average Bonchev–Trinajstić information content (AvgIpc) is 2.68. The van der Waals surface area contributed by atoms with Gasteiger partial charge in [0.25, 0.3) is 5.91 Å². The first-order chi connectivity index (χ1) is 6.65. The molecule has 0 radical (unpaired) electrons. The maximum atomic E-state index is 11.6. The minimum atomic E-state index is -0.442. The molecule has 0 saturated carbocycles. The number of hydrogen-bond acceptors (Lipinski definition) is 2. The highest BCUT2D eigenvalue weighted by Gasteiger charge is 2.18. The summed E-state index contributed by atoms with van der Waals surface area (Å²) >= 11 is 0. The summed E-state index contributed by atoms with van der Waals surface area (Å²) in [5.74, 6) is 0.0566. The van der Waals surface area contributed by atoms with Gasteiger partial charge in [0.05, 0.1) is 6.04 Å². The highest BCUT2D eigenvalue weighted by atomic mass is 16.2. The van der Waals surface area contributed by atoms with E-state index in [-0.39, 0.29) is 11.8 Å². The normalized spacial score (nSPS) is 14.8. The minimum absolute atomic E-state index is 0.143. The number of amides is 1. The van der Waals surface area contributed by atoms with E-state index in [0.717, 1.165) is 6.42 Å². The predicted octanol–water partition coefficient (Wildman–Crippen LogP) is 0.932. The lowest BCUT2D eigenvalue weighted by atomic mass is 10.00. The van der Waals surface area contributed by atoms with E-state index in [1.54, 1.807) is 17.1 Å². The highest BCUT2D eigenvalue weighted by molar-refractivity contribution is 5.88. The number of aromatic nitrogens is 1. The fourth-order valence-corrected chi connectivity index (χ4v) is 1.12. The first-order valence-corrected chi connectivity index (χ1v) is 4.84. The zero-order valence-corrected chi connectivity index (χ0v) is 8.60. The molecule has 0 fully saturated rings. The number of hydrogen-bond donors (Lipinski definition) is 2. The van der Waals surface area contributed by atoms with Crippen molar-refractivity contribution in [2.75, 3.05) is 5.43 Å². The van der Waals surface area contributed by atoms with Gasteiger partial charge in [-0.1, -0.05) is 20.3 Å². The van der Waals surface area contributed by atoms with Gasteiger partial charge in [0, 0.05) is 12.4 Å². The van der Waals surface area contributed by atoms with Crippen LogP contribution in [-0.2, 0) is 4.79 Å². The third kappa shape index (κ3) is 2.60. The first kappa shape index (κ1) is 10.8. The second-order valence-corrected chi connectivity index (χ2v) is 3.48. The SMILES string of the molecule is CC[C@H](C)[C@H](N)C(=O)Nn1cccc1. The zero-order chi connectivity index (χ0) is 10.6. The van der Waals surface area contributed by atoms with Gasteiger partial charge in [-0.2, -0.15) is 0 Å². The van der Waals surface area contributed by atoms with Crippen LogP contribution >= 0.6 is 0 Å². The number of carbonyl (C=O) groups excluding carboxylic acids is 1. The Labute approximate surface area is 84.1 Å². The van der Waals surface area contributed by atoms with E-state index < -0.39 is 6.04 Å². The smallest absolute Gasteiger partial charge is 0.255 e. The molecule has 0 aliphatic heterocycles. The van der Waals surface area contributed by atoms with Gasteiger partial charge >= 0.3 is 0 Å². The van der Waals surface area contributed by atoms with Crippen LogP contribution in [0.2, 0.25) is 0 Å². The molecule has 1 amide bonds. The van der Waals surface area contributed by atoms with Crippen LogP contribution in [-0.4, -0.2) is 16.6 Å². The molecular formula is C10H17N3O. The number of nitrogens with two attached hydrogens (primary N) is 1. The second kappa shape index (κ2) is 4.81. The largest absolute Gasteiger partial charge is 0.320 e. The summed E-state index contributed by atoms with van der Waals surface area (Å²) in [4.78, 5) is 11.6. The topological polar surface area (TPSA) is 60.1 Å². The van der Waals surface area contributed by atoms with Gasteiger partial charge in [0.1, 0.15) is 0 Å².